The quantitative estimate of drug-likeness (QED) is 0.848. The van der Waals surface area contributed by atoms with Gasteiger partial charge in [0.2, 0.25) is 0 Å². The molecule has 2 rings (SSSR count). The van der Waals surface area contributed by atoms with Gasteiger partial charge in [-0.2, -0.15) is 0 Å². The Morgan fingerprint density at radius 3 is 2.74 bits per heavy atom. The number of hydrogen-bond donors (Lipinski definition) is 1. The predicted octanol–water partition coefficient (Wildman–Crippen LogP) is 1.63. The molecule has 106 valence electrons. The Labute approximate surface area is 115 Å². The van der Waals surface area contributed by atoms with Crippen molar-refractivity contribution in [1.29, 1.82) is 0 Å². The Morgan fingerprint density at radius 2 is 2.05 bits per heavy atom. The molecule has 0 aliphatic carbocycles. The summed E-state index contributed by atoms with van der Waals surface area (Å²) in [5.41, 5.74) is 6.84. The van der Waals surface area contributed by atoms with Gasteiger partial charge in [0.05, 0.1) is 19.3 Å². The van der Waals surface area contributed by atoms with E-state index in [1.807, 2.05) is 18.2 Å². The third kappa shape index (κ3) is 3.93. The molecule has 19 heavy (non-hydrogen) atoms. The minimum atomic E-state index is 0.254. The molecule has 0 radical (unpaired) electrons. The Bertz CT molecular complexity index is 397. The monoisotopic (exact) mass is 264 g/mol. The lowest BCUT2D eigenvalue weighted by Gasteiger charge is -2.22. The van der Waals surface area contributed by atoms with Crippen LogP contribution < -0.4 is 10.5 Å². The van der Waals surface area contributed by atoms with E-state index in [-0.39, 0.29) is 6.10 Å². The fourth-order valence-corrected chi connectivity index (χ4v) is 2.62. The standard InChI is InChI=1S/C15H24N2O2/c1-17(11-14-8-7-13(9-16)19-14)10-12-5-3-4-6-15(12)18-2/h3-6,13-14H,7-11,16H2,1-2H3. The summed E-state index contributed by atoms with van der Waals surface area (Å²) in [4.78, 5) is 2.28. The van der Waals surface area contributed by atoms with Gasteiger partial charge in [-0.25, -0.2) is 0 Å². The van der Waals surface area contributed by atoms with Crippen LogP contribution in [0.5, 0.6) is 5.75 Å². The molecule has 4 nitrogen and oxygen atoms in total. The van der Waals surface area contributed by atoms with Crippen molar-refractivity contribution in [1.82, 2.24) is 4.90 Å². The number of rotatable bonds is 6. The smallest absolute Gasteiger partial charge is 0.123 e. The number of likely N-dealkylation sites (N-methyl/N-ethyl adjacent to an activating group) is 1. The van der Waals surface area contributed by atoms with Crippen LogP contribution in [-0.2, 0) is 11.3 Å². The number of benzene rings is 1. The highest BCUT2D eigenvalue weighted by Crippen LogP contribution is 2.22. The molecule has 0 spiro atoms. The van der Waals surface area contributed by atoms with Crippen molar-refractivity contribution in [3.8, 4) is 5.75 Å². The highest BCUT2D eigenvalue weighted by atomic mass is 16.5. The lowest BCUT2D eigenvalue weighted by Crippen LogP contribution is -2.30. The second-order valence-electron chi connectivity index (χ2n) is 5.20. The Hall–Kier alpha value is -1.10. The zero-order chi connectivity index (χ0) is 13.7. The Morgan fingerprint density at radius 1 is 1.32 bits per heavy atom. The minimum Gasteiger partial charge on any atom is -0.496 e. The maximum absolute atomic E-state index is 5.88. The van der Waals surface area contributed by atoms with Crippen molar-refractivity contribution in [3.05, 3.63) is 29.8 Å². The van der Waals surface area contributed by atoms with Crippen LogP contribution in [0.1, 0.15) is 18.4 Å². The van der Waals surface area contributed by atoms with Crippen LogP contribution in [0.4, 0.5) is 0 Å². The van der Waals surface area contributed by atoms with Gasteiger partial charge in [-0.15, -0.1) is 0 Å². The van der Waals surface area contributed by atoms with Gasteiger partial charge in [0.25, 0.3) is 0 Å². The first kappa shape index (κ1) is 14.3. The number of nitrogens with zero attached hydrogens (tertiary/aromatic N) is 1. The van der Waals surface area contributed by atoms with E-state index in [2.05, 4.69) is 18.0 Å². The highest BCUT2D eigenvalue weighted by Gasteiger charge is 2.25. The molecule has 1 aliphatic rings. The average Bonchev–Trinajstić information content (AvgIpc) is 2.87. The van der Waals surface area contributed by atoms with Crippen molar-refractivity contribution < 1.29 is 9.47 Å². The third-order valence-electron chi connectivity index (χ3n) is 3.61. The Kier molecular flexibility index (Phi) is 5.19. The number of hydrogen-bond acceptors (Lipinski definition) is 4. The van der Waals surface area contributed by atoms with Crippen LogP contribution in [0.3, 0.4) is 0 Å². The van der Waals surface area contributed by atoms with Crippen molar-refractivity contribution in [2.24, 2.45) is 5.73 Å². The fourth-order valence-electron chi connectivity index (χ4n) is 2.62. The number of para-hydroxylation sites is 1. The van der Waals surface area contributed by atoms with Crippen molar-refractivity contribution in [2.45, 2.75) is 31.6 Å². The molecular formula is C15H24N2O2. The van der Waals surface area contributed by atoms with E-state index >= 15 is 0 Å². The maximum Gasteiger partial charge on any atom is 0.123 e. The molecule has 1 aliphatic heterocycles. The number of nitrogens with two attached hydrogens (primary N) is 1. The Balaban J connectivity index is 1.85. The summed E-state index contributed by atoms with van der Waals surface area (Å²) in [6.07, 6.45) is 2.76. The van der Waals surface area contributed by atoms with Gasteiger partial charge in [0.15, 0.2) is 0 Å². The summed E-state index contributed by atoms with van der Waals surface area (Å²) < 4.78 is 11.3. The molecular weight excluding hydrogens is 240 g/mol. The van der Waals surface area contributed by atoms with Crippen LogP contribution >= 0.6 is 0 Å². The highest BCUT2D eigenvalue weighted by molar-refractivity contribution is 5.32. The first-order chi connectivity index (χ1) is 9.22. The summed E-state index contributed by atoms with van der Waals surface area (Å²) in [6.45, 7) is 2.44. The van der Waals surface area contributed by atoms with Gasteiger partial charge >= 0.3 is 0 Å². The van der Waals surface area contributed by atoms with Gasteiger partial charge in [-0.1, -0.05) is 18.2 Å². The molecule has 1 aromatic carbocycles. The summed E-state index contributed by atoms with van der Waals surface area (Å²) >= 11 is 0. The van der Waals surface area contributed by atoms with Gasteiger partial charge in [-0.05, 0) is 26.0 Å². The zero-order valence-electron chi connectivity index (χ0n) is 11.8. The fraction of sp³-hybridized carbons (Fsp3) is 0.600. The molecule has 4 heteroatoms. The summed E-state index contributed by atoms with van der Waals surface area (Å²) in [6, 6.07) is 8.14. The molecule has 0 amide bonds. The SMILES string of the molecule is COc1ccccc1CN(C)CC1CCC(CN)O1. The van der Waals surface area contributed by atoms with Crippen molar-refractivity contribution >= 4 is 0 Å². The first-order valence-electron chi connectivity index (χ1n) is 6.89. The van der Waals surface area contributed by atoms with Gasteiger partial charge in [0, 0.05) is 25.2 Å². The average molecular weight is 264 g/mol. The van der Waals surface area contributed by atoms with E-state index in [4.69, 9.17) is 15.2 Å². The predicted molar refractivity (Wildman–Crippen MR) is 76.3 cm³/mol. The molecule has 1 saturated heterocycles. The lowest BCUT2D eigenvalue weighted by molar-refractivity contribution is 0.0305. The number of ether oxygens (including phenoxy) is 2. The molecule has 2 unspecified atom stereocenters. The molecule has 1 fully saturated rings. The molecule has 2 atom stereocenters. The van der Waals surface area contributed by atoms with Crippen LogP contribution in [-0.4, -0.2) is 44.4 Å². The number of methoxy groups -OCH3 is 1. The normalized spacial score (nSPS) is 22.9. The molecule has 0 bridgehead atoms. The molecule has 1 aromatic rings. The molecule has 1 heterocycles. The van der Waals surface area contributed by atoms with E-state index in [1.54, 1.807) is 7.11 Å². The summed E-state index contributed by atoms with van der Waals surface area (Å²) in [5, 5.41) is 0. The van der Waals surface area contributed by atoms with Gasteiger partial charge in [0.1, 0.15) is 5.75 Å². The van der Waals surface area contributed by atoms with E-state index < -0.39 is 0 Å². The lowest BCUT2D eigenvalue weighted by atomic mass is 10.1. The molecule has 0 aromatic heterocycles. The van der Waals surface area contributed by atoms with Gasteiger partial charge in [-0.3, -0.25) is 4.90 Å². The van der Waals surface area contributed by atoms with Crippen LogP contribution in [0, 0.1) is 0 Å². The summed E-state index contributed by atoms with van der Waals surface area (Å²) in [5.74, 6) is 0.946. The first-order valence-corrected chi connectivity index (χ1v) is 6.89. The second-order valence-corrected chi connectivity index (χ2v) is 5.20. The minimum absolute atomic E-state index is 0.254. The van der Waals surface area contributed by atoms with Crippen LogP contribution in [0.2, 0.25) is 0 Å². The molecule has 0 saturated carbocycles. The van der Waals surface area contributed by atoms with Crippen molar-refractivity contribution in [3.63, 3.8) is 0 Å². The maximum atomic E-state index is 5.88. The van der Waals surface area contributed by atoms with Crippen molar-refractivity contribution in [2.75, 3.05) is 27.2 Å². The van der Waals surface area contributed by atoms with E-state index in [9.17, 15) is 0 Å². The largest absolute Gasteiger partial charge is 0.496 e. The summed E-state index contributed by atoms with van der Waals surface area (Å²) in [7, 11) is 3.83. The zero-order valence-corrected chi connectivity index (χ0v) is 11.8. The topological polar surface area (TPSA) is 47.7 Å². The second kappa shape index (κ2) is 6.89. The van der Waals surface area contributed by atoms with Gasteiger partial charge < -0.3 is 15.2 Å². The van der Waals surface area contributed by atoms with E-state index in [0.717, 1.165) is 31.7 Å². The van der Waals surface area contributed by atoms with Crippen LogP contribution in [0.15, 0.2) is 24.3 Å². The van der Waals surface area contributed by atoms with E-state index in [1.165, 1.54) is 5.56 Å². The van der Waals surface area contributed by atoms with E-state index in [0.29, 0.717) is 12.6 Å². The third-order valence-corrected chi connectivity index (χ3v) is 3.61. The molecule has 2 N–H and O–H groups in total. The van der Waals surface area contributed by atoms with Crippen LogP contribution in [0.25, 0.3) is 0 Å².